The minimum absolute atomic E-state index is 0.0298. The van der Waals surface area contributed by atoms with Crippen LogP contribution in [0.3, 0.4) is 0 Å². The Balaban J connectivity index is 1.40. The third-order valence-electron chi connectivity index (χ3n) is 6.91. The molecule has 4 aromatic carbocycles. The lowest BCUT2D eigenvalue weighted by molar-refractivity contribution is -0.116. The monoisotopic (exact) mass is 627 g/mol. The van der Waals surface area contributed by atoms with Gasteiger partial charge in [0.25, 0.3) is 10.0 Å². The molecule has 4 aromatic rings. The van der Waals surface area contributed by atoms with E-state index < -0.39 is 38.3 Å². The predicted octanol–water partition coefficient (Wildman–Crippen LogP) is 5.37. The van der Waals surface area contributed by atoms with Crippen molar-refractivity contribution in [2.75, 3.05) is 22.7 Å². The molecule has 0 fully saturated rings. The van der Waals surface area contributed by atoms with Gasteiger partial charge in [-0.05, 0) is 73.5 Å². The van der Waals surface area contributed by atoms with E-state index in [9.17, 15) is 26.0 Å². The highest BCUT2D eigenvalue weighted by molar-refractivity contribution is 7.92. The normalized spacial score (nSPS) is 13.3. The van der Waals surface area contributed by atoms with Crippen LogP contribution in [0.1, 0.15) is 16.7 Å². The highest BCUT2D eigenvalue weighted by atomic mass is 35.5. The summed E-state index contributed by atoms with van der Waals surface area (Å²) in [7, 11) is -8.07. The first-order valence-electron chi connectivity index (χ1n) is 13.0. The summed E-state index contributed by atoms with van der Waals surface area (Å²) in [4.78, 5) is 13.3. The molecule has 1 N–H and O–H groups in total. The van der Waals surface area contributed by atoms with Crippen LogP contribution in [-0.4, -0.2) is 40.1 Å². The van der Waals surface area contributed by atoms with Crippen molar-refractivity contribution in [1.82, 2.24) is 4.31 Å². The van der Waals surface area contributed by atoms with Gasteiger partial charge in [-0.25, -0.2) is 21.2 Å². The Hall–Kier alpha value is -3.77. The second-order valence-electron chi connectivity index (χ2n) is 9.85. The van der Waals surface area contributed by atoms with Crippen LogP contribution in [0, 0.1) is 12.7 Å². The van der Waals surface area contributed by atoms with Crippen molar-refractivity contribution in [3.8, 4) is 0 Å². The van der Waals surface area contributed by atoms with Crippen LogP contribution in [0.2, 0.25) is 5.02 Å². The molecule has 5 rings (SSSR count). The summed E-state index contributed by atoms with van der Waals surface area (Å²) < 4.78 is 70.5. The van der Waals surface area contributed by atoms with E-state index in [-0.39, 0.29) is 34.1 Å². The second kappa shape index (κ2) is 11.8. The molecule has 0 saturated carbocycles. The molecule has 0 bridgehead atoms. The molecule has 0 atom stereocenters. The first-order valence-corrected chi connectivity index (χ1v) is 16.2. The lowest BCUT2D eigenvalue weighted by Crippen LogP contribution is -2.37. The van der Waals surface area contributed by atoms with E-state index in [1.165, 1.54) is 58.9 Å². The largest absolute Gasteiger partial charge is 0.325 e. The van der Waals surface area contributed by atoms with E-state index in [2.05, 4.69) is 5.32 Å². The minimum atomic E-state index is -4.18. The number of benzene rings is 4. The van der Waals surface area contributed by atoms with Crippen molar-refractivity contribution in [3.05, 3.63) is 119 Å². The first kappa shape index (κ1) is 29.7. The third-order valence-corrected chi connectivity index (χ3v) is 10.8. The van der Waals surface area contributed by atoms with Crippen LogP contribution in [-0.2, 0) is 37.8 Å². The zero-order valence-corrected chi connectivity index (χ0v) is 24.9. The number of hydrogen-bond donors (Lipinski definition) is 1. The van der Waals surface area contributed by atoms with Gasteiger partial charge in [0.05, 0.1) is 22.0 Å². The zero-order valence-electron chi connectivity index (χ0n) is 22.5. The number of fused-ring (bicyclic) bond motifs is 1. The molecular weight excluding hydrogens is 601 g/mol. The smallest absolute Gasteiger partial charge is 0.264 e. The summed E-state index contributed by atoms with van der Waals surface area (Å²) in [6, 6.07) is 22.7. The lowest BCUT2D eigenvalue weighted by Gasteiger charge is -2.23. The Morgan fingerprint density at radius 1 is 0.929 bits per heavy atom. The maximum atomic E-state index is 14.5. The zero-order chi connectivity index (χ0) is 30.1. The molecule has 1 amide bonds. The second-order valence-corrected chi connectivity index (χ2v) is 14.1. The topological polar surface area (TPSA) is 104 Å². The van der Waals surface area contributed by atoms with Gasteiger partial charge in [-0.2, -0.15) is 4.31 Å². The Bertz CT molecular complexity index is 1850. The molecule has 0 unspecified atom stereocenters. The molecule has 8 nitrogen and oxygen atoms in total. The van der Waals surface area contributed by atoms with Crippen LogP contribution >= 0.6 is 11.6 Å². The number of carbonyl (C=O) groups excluding carboxylic acids is 1. The molecular formula is C30H27ClFN3O5S2. The van der Waals surface area contributed by atoms with Crippen LogP contribution in [0.15, 0.2) is 101 Å². The number of nitrogens with zero attached hydrogens (tertiary/aromatic N) is 2. The quantitative estimate of drug-likeness (QED) is 0.269. The fourth-order valence-corrected chi connectivity index (χ4v) is 7.67. The molecule has 218 valence electrons. The van der Waals surface area contributed by atoms with Gasteiger partial charge in [0.1, 0.15) is 5.82 Å². The summed E-state index contributed by atoms with van der Waals surface area (Å²) in [5.74, 6) is -1.27. The number of sulfonamides is 2. The Morgan fingerprint density at radius 3 is 2.29 bits per heavy atom. The molecule has 12 heteroatoms. The number of halogens is 2. The van der Waals surface area contributed by atoms with Crippen LogP contribution < -0.4 is 9.62 Å². The van der Waals surface area contributed by atoms with Crippen molar-refractivity contribution < 1.29 is 26.0 Å². The Kier molecular flexibility index (Phi) is 8.38. The number of amides is 1. The fourth-order valence-electron chi connectivity index (χ4n) is 4.67. The average molecular weight is 628 g/mol. The molecule has 0 spiro atoms. The van der Waals surface area contributed by atoms with E-state index in [0.717, 1.165) is 15.4 Å². The van der Waals surface area contributed by atoms with E-state index in [0.29, 0.717) is 17.1 Å². The van der Waals surface area contributed by atoms with Gasteiger partial charge in [-0.1, -0.05) is 53.6 Å². The number of rotatable bonds is 9. The lowest BCUT2D eigenvalue weighted by atomic mass is 10.1. The highest BCUT2D eigenvalue weighted by Gasteiger charge is 2.32. The third kappa shape index (κ3) is 6.19. The summed E-state index contributed by atoms with van der Waals surface area (Å²) in [6.07, 6.45) is 0.488. The summed E-state index contributed by atoms with van der Waals surface area (Å²) in [5.41, 5.74) is 2.46. The van der Waals surface area contributed by atoms with Crippen molar-refractivity contribution in [3.63, 3.8) is 0 Å². The van der Waals surface area contributed by atoms with Gasteiger partial charge in [-0.15, -0.1) is 0 Å². The average Bonchev–Trinajstić information content (AvgIpc) is 3.38. The van der Waals surface area contributed by atoms with E-state index in [1.807, 2.05) is 6.92 Å². The van der Waals surface area contributed by atoms with Crippen molar-refractivity contribution in [2.24, 2.45) is 0 Å². The van der Waals surface area contributed by atoms with Crippen molar-refractivity contribution in [2.45, 2.75) is 29.7 Å². The molecule has 1 heterocycles. The fraction of sp³-hybridized carbons (Fsp3) is 0.167. The van der Waals surface area contributed by atoms with E-state index in [4.69, 9.17) is 11.6 Å². The number of aryl methyl sites for hydroxylation is 1. The first-order chi connectivity index (χ1) is 19.9. The van der Waals surface area contributed by atoms with Gasteiger partial charge in [0.15, 0.2) is 0 Å². The highest BCUT2D eigenvalue weighted by Crippen LogP contribution is 2.35. The summed E-state index contributed by atoms with van der Waals surface area (Å²) >= 11 is 5.92. The standard InChI is InChI=1S/C30H27ClFN3O5S2/c1-21-6-12-26(13-7-21)41(37,38)34(19-23-4-2-3-5-28(23)32)20-30(36)33-25-11-8-22-16-17-35(29(22)18-25)42(39,40)27-14-9-24(31)10-15-27/h2-15,18H,16-17,19-20H2,1H3,(H,33,36). The van der Waals surface area contributed by atoms with E-state index in [1.54, 1.807) is 36.4 Å². The number of hydrogen-bond acceptors (Lipinski definition) is 5. The van der Waals surface area contributed by atoms with Crippen LogP contribution in [0.5, 0.6) is 0 Å². The SMILES string of the molecule is Cc1ccc(S(=O)(=O)N(CC(=O)Nc2ccc3c(c2)N(S(=O)(=O)c2ccc(Cl)cc2)CC3)Cc2ccccc2F)cc1. The van der Waals surface area contributed by atoms with Gasteiger partial charge in [0, 0.05) is 29.4 Å². The molecule has 0 aromatic heterocycles. The molecule has 0 radical (unpaired) electrons. The molecule has 0 saturated heterocycles. The molecule has 42 heavy (non-hydrogen) atoms. The number of nitrogens with one attached hydrogen (secondary N) is 1. The molecule has 1 aliphatic heterocycles. The molecule has 1 aliphatic rings. The number of carbonyl (C=O) groups is 1. The van der Waals surface area contributed by atoms with Gasteiger partial charge in [-0.3, -0.25) is 9.10 Å². The number of anilines is 2. The van der Waals surface area contributed by atoms with Crippen LogP contribution in [0.4, 0.5) is 15.8 Å². The maximum Gasteiger partial charge on any atom is 0.264 e. The van der Waals surface area contributed by atoms with Gasteiger partial charge in [0.2, 0.25) is 15.9 Å². The minimum Gasteiger partial charge on any atom is -0.325 e. The summed E-state index contributed by atoms with van der Waals surface area (Å²) in [5, 5.41) is 3.09. The molecule has 0 aliphatic carbocycles. The predicted molar refractivity (Wildman–Crippen MR) is 160 cm³/mol. The van der Waals surface area contributed by atoms with Crippen molar-refractivity contribution >= 4 is 48.9 Å². The Labute approximate surface area is 249 Å². The Morgan fingerprint density at radius 2 is 1.60 bits per heavy atom. The maximum absolute atomic E-state index is 14.5. The summed E-state index contributed by atoms with van der Waals surface area (Å²) in [6.45, 7) is 1.07. The van der Waals surface area contributed by atoms with Gasteiger partial charge >= 0.3 is 0 Å². The van der Waals surface area contributed by atoms with E-state index >= 15 is 0 Å². The van der Waals surface area contributed by atoms with Gasteiger partial charge < -0.3 is 5.32 Å². The van der Waals surface area contributed by atoms with Crippen molar-refractivity contribution in [1.29, 1.82) is 0 Å². The van der Waals surface area contributed by atoms with Crippen LogP contribution in [0.25, 0.3) is 0 Å².